The number of halogens is 3. The van der Waals surface area contributed by atoms with E-state index in [1.54, 1.807) is 6.07 Å². The first-order valence-corrected chi connectivity index (χ1v) is 7.95. The van der Waals surface area contributed by atoms with Gasteiger partial charge in [-0.05, 0) is 52.4 Å². The fraction of sp³-hybridized carbons (Fsp3) is 0.600. The molecule has 1 atom stereocenters. The van der Waals surface area contributed by atoms with Crippen molar-refractivity contribution in [2.75, 3.05) is 26.2 Å². The molecule has 20 heavy (non-hydrogen) atoms. The predicted molar refractivity (Wildman–Crippen MR) is 85.9 cm³/mol. The molecule has 0 bridgehead atoms. The molecule has 1 saturated carbocycles. The molecule has 2 nitrogen and oxygen atoms in total. The summed E-state index contributed by atoms with van der Waals surface area (Å²) in [5.74, 6) is 0.565. The first-order valence-electron chi connectivity index (χ1n) is 7.15. The van der Waals surface area contributed by atoms with E-state index in [0.717, 1.165) is 31.7 Å². The first-order chi connectivity index (χ1) is 9.25. The van der Waals surface area contributed by atoms with Crippen molar-refractivity contribution in [3.63, 3.8) is 0 Å². The van der Waals surface area contributed by atoms with Crippen LogP contribution in [0, 0.1) is 11.7 Å². The maximum atomic E-state index is 13.8. The van der Waals surface area contributed by atoms with Crippen LogP contribution in [-0.2, 0) is 0 Å². The van der Waals surface area contributed by atoms with E-state index in [-0.39, 0.29) is 18.2 Å². The second-order valence-electron chi connectivity index (χ2n) is 5.60. The highest BCUT2D eigenvalue weighted by molar-refractivity contribution is 9.10. The van der Waals surface area contributed by atoms with E-state index in [2.05, 4.69) is 32.2 Å². The molecule has 0 spiro atoms. The third-order valence-electron chi connectivity index (χ3n) is 4.43. The van der Waals surface area contributed by atoms with Crippen LogP contribution in [-0.4, -0.2) is 31.1 Å². The maximum Gasteiger partial charge on any atom is 0.137 e. The number of rotatable bonds is 3. The fourth-order valence-corrected chi connectivity index (χ4v) is 3.44. The molecule has 1 saturated heterocycles. The van der Waals surface area contributed by atoms with Crippen LogP contribution in [0.1, 0.15) is 30.9 Å². The summed E-state index contributed by atoms with van der Waals surface area (Å²) < 4.78 is 14.4. The van der Waals surface area contributed by atoms with Crippen LogP contribution in [0.3, 0.4) is 0 Å². The molecule has 2 fully saturated rings. The zero-order chi connectivity index (χ0) is 13.2. The van der Waals surface area contributed by atoms with Crippen molar-refractivity contribution < 1.29 is 4.39 Å². The molecule has 3 rings (SSSR count). The summed E-state index contributed by atoms with van der Waals surface area (Å²) >= 11 is 3.24. The summed E-state index contributed by atoms with van der Waals surface area (Å²) in [7, 11) is 0. The summed E-state index contributed by atoms with van der Waals surface area (Å²) in [6.45, 7) is 4.22. The second kappa shape index (κ2) is 7.21. The lowest BCUT2D eigenvalue weighted by molar-refractivity contribution is 0.0835. The van der Waals surface area contributed by atoms with Gasteiger partial charge in [-0.1, -0.05) is 12.5 Å². The highest BCUT2D eigenvalue weighted by Gasteiger charge is 2.33. The summed E-state index contributed by atoms with van der Waals surface area (Å²) in [4.78, 5) is 2.53. The lowest BCUT2D eigenvalue weighted by Gasteiger charge is -2.43. The minimum absolute atomic E-state index is 0. The van der Waals surface area contributed by atoms with Gasteiger partial charge in [0.1, 0.15) is 5.82 Å². The number of piperazine rings is 1. The SMILES string of the molecule is Cl.Fc1cc([C@H](C2CCC2)N2CCNCC2)ccc1Br. The third kappa shape index (κ3) is 3.35. The van der Waals surface area contributed by atoms with Crippen molar-refractivity contribution >= 4 is 28.3 Å². The van der Waals surface area contributed by atoms with E-state index < -0.39 is 0 Å². The largest absolute Gasteiger partial charge is 0.314 e. The average Bonchev–Trinajstić information content (AvgIpc) is 2.38. The highest BCUT2D eigenvalue weighted by atomic mass is 79.9. The van der Waals surface area contributed by atoms with E-state index in [9.17, 15) is 4.39 Å². The predicted octanol–water partition coefficient (Wildman–Crippen LogP) is 3.76. The van der Waals surface area contributed by atoms with Gasteiger partial charge in [0.25, 0.3) is 0 Å². The van der Waals surface area contributed by atoms with Gasteiger partial charge in [0, 0.05) is 32.2 Å². The molecule has 112 valence electrons. The molecular weight excluding hydrogens is 343 g/mol. The normalized spacial score (nSPS) is 21.9. The van der Waals surface area contributed by atoms with E-state index >= 15 is 0 Å². The Bertz CT molecular complexity index is 447. The summed E-state index contributed by atoms with van der Waals surface area (Å²) in [6, 6.07) is 6.05. The zero-order valence-corrected chi connectivity index (χ0v) is 13.9. The van der Waals surface area contributed by atoms with Gasteiger partial charge in [0.05, 0.1) is 4.47 Å². The number of benzene rings is 1. The number of hydrogen-bond donors (Lipinski definition) is 1. The topological polar surface area (TPSA) is 15.3 Å². The Labute approximate surface area is 134 Å². The Morgan fingerprint density at radius 2 is 1.95 bits per heavy atom. The Kier molecular flexibility index (Phi) is 5.84. The van der Waals surface area contributed by atoms with Gasteiger partial charge >= 0.3 is 0 Å². The van der Waals surface area contributed by atoms with Crippen LogP contribution in [0.5, 0.6) is 0 Å². The van der Waals surface area contributed by atoms with Gasteiger partial charge in [-0.3, -0.25) is 4.90 Å². The Hall–Kier alpha value is -0.160. The molecule has 0 radical (unpaired) electrons. The quantitative estimate of drug-likeness (QED) is 0.880. The molecule has 0 amide bonds. The van der Waals surface area contributed by atoms with Crippen molar-refractivity contribution in [1.29, 1.82) is 0 Å². The van der Waals surface area contributed by atoms with Gasteiger partial charge < -0.3 is 5.32 Å². The van der Waals surface area contributed by atoms with Crippen LogP contribution >= 0.6 is 28.3 Å². The Balaban J connectivity index is 0.00000147. The number of hydrogen-bond acceptors (Lipinski definition) is 2. The van der Waals surface area contributed by atoms with E-state index in [1.165, 1.54) is 19.3 Å². The highest BCUT2D eigenvalue weighted by Crippen LogP contribution is 2.42. The van der Waals surface area contributed by atoms with Crippen LogP contribution in [0.2, 0.25) is 0 Å². The molecule has 1 N–H and O–H groups in total. The van der Waals surface area contributed by atoms with Crippen molar-refractivity contribution in [3.05, 3.63) is 34.1 Å². The minimum Gasteiger partial charge on any atom is -0.314 e. The van der Waals surface area contributed by atoms with E-state index in [4.69, 9.17) is 0 Å². The van der Waals surface area contributed by atoms with Crippen LogP contribution in [0.25, 0.3) is 0 Å². The Morgan fingerprint density at radius 3 is 2.50 bits per heavy atom. The molecular formula is C15H21BrClFN2. The third-order valence-corrected chi connectivity index (χ3v) is 5.07. The standard InChI is InChI=1S/C15H20BrFN2.ClH/c16-13-5-4-12(10-14(13)17)15(11-2-1-3-11)19-8-6-18-7-9-19;/h4-5,10-11,15,18H,1-3,6-9H2;1H/t15-;/m0./s1. The number of nitrogens with one attached hydrogen (secondary N) is 1. The van der Waals surface area contributed by atoms with Crippen LogP contribution in [0.15, 0.2) is 22.7 Å². The van der Waals surface area contributed by atoms with Crippen molar-refractivity contribution in [3.8, 4) is 0 Å². The molecule has 1 heterocycles. The molecule has 1 aliphatic carbocycles. The van der Waals surface area contributed by atoms with E-state index in [1.807, 2.05) is 6.07 Å². The van der Waals surface area contributed by atoms with Gasteiger partial charge in [0.2, 0.25) is 0 Å². The van der Waals surface area contributed by atoms with Crippen molar-refractivity contribution in [2.24, 2.45) is 5.92 Å². The lowest BCUT2D eigenvalue weighted by Crippen LogP contribution is -2.47. The Morgan fingerprint density at radius 1 is 1.25 bits per heavy atom. The van der Waals surface area contributed by atoms with Gasteiger partial charge in [-0.2, -0.15) is 0 Å². The molecule has 0 unspecified atom stereocenters. The van der Waals surface area contributed by atoms with Crippen LogP contribution < -0.4 is 5.32 Å². The molecule has 2 aliphatic rings. The molecule has 1 aromatic rings. The van der Waals surface area contributed by atoms with Crippen molar-refractivity contribution in [1.82, 2.24) is 10.2 Å². The fourth-order valence-electron chi connectivity index (χ4n) is 3.19. The zero-order valence-electron chi connectivity index (χ0n) is 11.4. The van der Waals surface area contributed by atoms with Gasteiger partial charge in [0.15, 0.2) is 0 Å². The molecule has 5 heteroatoms. The monoisotopic (exact) mass is 362 g/mol. The van der Waals surface area contributed by atoms with E-state index in [0.29, 0.717) is 16.4 Å². The van der Waals surface area contributed by atoms with Crippen molar-refractivity contribution in [2.45, 2.75) is 25.3 Å². The summed E-state index contributed by atoms with van der Waals surface area (Å²) in [5.41, 5.74) is 1.15. The van der Waals surface area contributed by atoms with Gasteiger partial charge in [-0.25, -0.2) is 4.39 Å². The first kappa shape index (κ1) is 16.2. The second-order valence-corrected chi connectivity index (χ2v) is 6.45. The summed E-state index contributed by atoms with van der Waals surface area (Å²) in [6.07, 6.45) is 3.89. The minimum atomic E-state index is -0.142. The number of nitrogens with zero attached hydrogens (tertiary/aromatic N) is 1. The van der Waals surface area contributed by atoms with Crippen LogP contribution in [0.4, 0.5) is 4.39 Å². The maximum absolute atomic E-state index is 13.8. The summed E-state index contributed by atoms with van der Waals surface area (Å²) in [5, 5.41) is 3.39. The lowest BCUT2D eigenvalue weighted by atomic mass is 9.76. The molecule has 0 aromatic heterocycles. The smallest absolute Gasteiger partial charge is 0.137 e. The van der Waals surface area contributed by atoms with Gasteiger partial charge in [-0.15, -0.1) is 12.4 Å². The molecule has 1 aromatic carbocycles. The molecule has 1 aliphatic heterocycles. The average molecular weight is 364 g/mol.